The normalized spacial score (nSPS) is 10.7. The van der Waals surface area contributed by atoms with E-state index in [4.69, 9.17) is 0 Å². The maximum Gasteiger partial charge on any atom is 0.128 e. The Kier molecular flexibility index (Phi) is 2.63. The monoisotopic (exact) mass is 244 g/mol. The Morgan fingerprint density at radius 1 is 1.08 bits per heavy atom. The van der Waals surface area contributed by atoms with Gasteiger partial charge in [0.05, 0.1) is 4.47 Å². The summed E-state index contributed by atoms with van der Waals surface area (Å²) in [4.78, 5) is 0. The Labute approximate surface area is 84.4 Å². The van der Waals surface area contributed by atoms with Crippen LogP contribution in [0.1, 0.15) is 16.7 Å². The number of hydrogen-bond acceptors (Lipinski definition) is 1. The number of rotatable bonds is 0. The van der Waals surface area contributed by atoms with Gasteiger partial charge in [0.1, 0.15) is 5.75 Å². The maximum absolute atomic E-state index is 9.68. The summed E-state index contributed by atoms with van der Waals surface area (Å²) >= 11 is 3.39. The third-order valence-electron chi connectivity index (χ3n) is 2.58. The van der Waals surface area contributed by atoms with Crippen molar-refractivity contribution in [3.8, 4) is 5.75 Å². The second kappa shape index (κ2) is 3.22. The number of halogens is 1. The van der Waals surface area contributed by atoms with Gasteiger partial charge in [0.25, 0.3) is 0 Å². The van der Waals surface area contributed by atoms with E-state index in [1.54, 1.807) is 0 Å². The van der Waals surface area contributed by atoms with Crippen LogP contribution in [-0.2, 0) is 0 Å². The zero-order valence-electron chi connectivity index (χ0n) is 7.83. The quantitative estimate of drug-likeness (QED) is 0.678. The molecule has 0 radical (unpaired) electrons. The van der Waals surface area contributed by atoms with Crippen LogP contribution in [0.3, 0.4) is 0 Å². The molecule has 1 aromatic rings. The van der Waals surface area contributed by atoms with E-state index in [2.05, 4.69) is 29.8 Å². The summed E-state index contributed by atoms with van der Waals surface area (Å²) in [7, 11) is 0.894. The minimum Gasteiger partial charge on any atom is -0.507 e. The molecular formula is C9H13BrOSi. The van der Waals surface area contributed by atoms with Crippen molar-refractivity contribution in [2.45, 2.75) is 20.8 Å². The first-order valence-electron chi connectivity index (χ1n) is 3.91. The molecule has 0 unspecified atom stereocenters. The van der Waals surface area contributed by atoms with E-state index in [9.17, 15) is 5.11 Å². The van der Waals surface area contributed by atoms with Gasteiger partial charge in [0.2, 0.25) is 0 Å². The predicted molar refractivity (Wildman–Crippen MR) is 59.6 cm³/mol. The van der Waals surface area contributed by atoms with Gasteiger partial charge in [-0.2, -0.15) is 0 Å². The van der Waals surface area contributed by atoms with Crippen LogP contribution in [0, 0.1) is 20.8 Å². The topological polar surface area (TPSA) is 20.2 Å². The highest BCUT2D eigenvalue weighted by Crippen LogP contribution is 2.29. The first-order valence-corrected chi connectivity index (χ1v) is 5.71. The molecule has 0 aromatic heterocycles. The minimum atomic E-state index is 0.433. The van der Waals surface area contributed by atoms with Crippen molar-refractivity contribution in [1.82, 2.24) is 0 Å². The summed E-state index contributed by atoms with van der Waals surface area (Å²) in [6, 6.07) is 0. The SMILES string of the molecule is Cc1c(C)c([SiH3])c(O)c(Br)c1C. The number of aromatic hydroxyl groups is 1. The number of hydrogen-bond donors (Lipinski definition) is 1. The fraction of sp³-hybridized carbons (Fsp3) is 0.333. The molecular weight excluding hydrogens is 232 g/mol. The van der Waals surface area contributed by atoms with Crippen molar-refractivity contribution in [2.75, 3.05) is 0 Å². The molecule has 0 atom stereocenters. The average molecular weight is 245 g/mol. The van der Waals surface area contributed by atoms with Gasteiger partial charge in [-0.25, -0.2) is 0 Å². The van der Waals surface area contributed by atoms with Crippen molar-refractivity contribution in [2.24, 2.45) is 0 Å². The van der Waals surface area contributed by atoms with Crippen LogP contribution >= 0.6 is 15.9 Å². The summed E-state index contributed by atoms with van der Waals surface area (Å²) in [6.07, 6.45) is 0. The van der Waals surface area contributed by atoms with Gasteiger partial charge >= 0.3 is 0 Å². The second-order valence-electron chi connectivity index (χ2n) is 3.16. The zero-order valence-corrected chi connectivity index (χ0v) is 11.4. The summed E-state index contributed by atoms with van der Waals surface area (Å²) < 4.78 is 0.857. The Bertz CT molecular complexity index is 229. The fourth-order valence-corrected chi connectivity index (χ4v) is 2.83. The van der Waals surface area contributed by atoms with Crippen molar-refractivity contribution >= 4 is 31.4 Å². The van der Waals surface area contributed by atoms with Crippen LogP contribution in [0.25, 0.3) is 0 Å². The molecule has 1 nitrogen and oxygen atoms in total. The van der Waals surface area contributed by atoms with Crippen LogP contribution in [0.15, 0.2) is 4.47 Å². The highest BCUT2D eigenvalue weighted by Gasteiger charge is 2.11. The highest BCUT2D eigenvalue weighted by atomic mass is 79.9. The van der Waals surface area contributed by atoms with Gasteiger partial charge in [-0.3, -0.25) is 0 Å². The van der Waals surface area contributed by atoms with Crippen molar-refractivity contribution < 1.29 is 5.11 Å². The Morgan fingerprint density at radius 2 is 1.58 bits per heavy atom. The molecule has 0 aliphatic rings. The van der Waals surface area contributed by atoms with Crippen molar-refractivity contribution in [1.29, 1.82) is 0 Å². The lowest BCUT2D eigenvalue weighted by atomic mass is 10.0. The molecule has 1 rings (SSSR count). The molecule has 0 amide bonds. The number of benzene rings is 1. The summed E-state index contributed by atoms with van der Waals surface area (Å²) in [5.41, 5.74) is 3.66. The molecule has 0 fully saturated rings. The van der Waals surface area contributed by atoms with E-state index in [0.717, 1.165) is 25.5 Å². The molecule has 0 bridgehead atoms. The van der Waals surface area contributed by atoms with Crippen LogP contribution in [0.2, 0.25) is 0 Å². The molecule has 0 aliphatic heterocycles. The smallest absolute Gasteiger partial charge is 0.128 e. The lowest BCUT2D eigenvalue weighted by Gasteiger charge is -2.12. The summed E-state index contributed by atoms with van der Waals surface area (Å²) in [5.74, 6) is 0.433. The van der Waals surface area contributed by atoms with Crippen LogP contribution in [0.4, 0.5) is 0 Å². The summed E-state index contributed by atoms with van der Waals surface area (Å²) in [6.45, 7) is 6.18. The average Bonchev–Trinajstić information content (AvgIpc) is 2.08. The fourth-order valence-electron chi connectivity index (χ4n) is 1.25. The number of phenolic OH excluding ortho intramolecular Hbond substituents is 1. The molecule has 12 heavy (non-hydrogen) atoms. The molecule has 1 N–H and O–H groups in total. The van der Waals surface area contributed by atoms with E-state index in [1.807, 2.05) is 6.92 Å². The van der Waals surface area contributed by atoms with Crippen LogP contribution in [0.5, 0.6) is 5.75 Å². The molecule has 0 saturated carbocycles. The maximum atomic E-state index is 9.68. The number of phenols is 1. The summed E-state index contributed by atoms with van der Waals surface area (Å²) in [5, 5.41) is 10.8. The van der Waals surface area contributed by atoms with Crippen LogP contribution < -0.4 is 5.19 Å². The first kappa shape index (κ1) is 9.80. The predicted octanol–water partition coefficient (Wildman–Crippen LogP) is 1.07. The highest BCUT2D eigenvalue weighted by molar-refractivity contribution is 9.10. The molecule has 1 aromatic carbocycles. The van der Waals surface area contributed by atoms with E-state index in [-0.39, 0.29) is 0 Å². The molecule has 0 aliphatic carbocycles. The Morgan fingerprint density at radius 3 is 2.08 bits per heavy atom. The van der Waals surface area contributed by atoms with Crippen molar-refractivity contribution in [3.63, 3.8) is 0 Å². The molecule has 3 heteroatoms. The Hall–Kier alpha value is -0.283. The van der Waals surface area contributed by atoms with E-state index in [1.165, 1.54) is 11.1 Å². The van der Waals surface area contributed by atoms with Gasteiger partial charge < -0.3 is 5.11 Å². The zero-order chi connectivity index (χ0) is 9.46. The Balaban J connectivity index is 3.60. The van der Waals surface area contributed by atoms with Gasteiger partial charge in [0.15, 0.2) is 0 Å². The van der Waals surface area contributed by atoms with Gasteiger partial charge in [-0.1, -0.05) is 0 Å². The second-order valence-corrected chi connectivity index (χ2v) is 4.96. The first-order chi connectivity index (χ1) is 5.46. The lowest BCUT2D eigenvalue weighted by molar-refractivity contribution is 0.475. The third-order valence-corrected chi connectivity index (χ3v) is 4.77. The van der Waals surface area contributed by atoms with Crippen molar-refractivity contribution in [3.05, 3.63) is 21.2 Å². The largest absolute Gasteiger partial charge is 0.507 e. The van der Waals surface area contributed by atoms with Gasteiger partial charge in [-0.15, -0.1) is 0 Å². The van der Waals surface area contributed by atoms with Crippen LogP contribution in [-0.4, -0.2) is 15.3 Å². The minimum absolute atomic E-state index is 0.433. The van der Waals surface area contributed by atoms with E-state index >= 15 is 0 Å². The third kappa shape index (κ3) is 1.31. The van der Waals surface area contributed by atoms with E-state index < -0.39 is 0 Å². The lowest BCUT2D eigenvalue weighted by Crippen LogP contribution is -2.11. The van der Waals surface area contributed by atoms with Gasteiger partial charge in [0, 0.05) is 10.2 Å². The molecule has 66 valence electrons. The van der Waals surface area contributed by atoms with E-state index in [0.29, 0.717) is 5.75 Å². The standard InChI is InChI=1S/C9H13BrOSi/c1-4-5(2)7(10)8(11)9(12)6(4)3/h11H,1-3,12H3. The van der Waals surface area contributed by atoms with Gasteiger partial charge in [-0.05, 0) is 58.6 Å². The molecule has 0 saturated heterocycles. The molecule has 0 heterocycles. The molecule has 0 spiro atoms.